The van der Waals surface area contributed by atoms with Crippen molar-refractivity contribution in [2.24, 2.45) is 0 Å². The molecule has 7 heteroatoms. The number of nitrogens with one attached hydrogen (secondary N) is 1. The van der Waals surface area contributed by atoms with Gasteiger partial charge >= 0.3 is 0 Å². The highest BCUT2D eigenvalue weighted by atomic mass is 32.2. The van der Waals surface area contributed by atoms with E-state index in [1.165, 1.54) is 6.26 Å². The van der Waals surface area contributed by atoms with Gasteiger partial charge in [0.15, 0.2) is 15.7 Å². The van der Waals surface area contributed by atoms with E-state index in [1.54, 1.807) is 49.1 Å². The fourth-order valence-electron chi connectivity index (χ4n) is 2.23. The fraction of sp³-hybridized carbons (Fsp3) is 0.118. The van der Waals surface area contributed by atoms with Crippen LogP contribution in [0.5, 0.6) is 0 Å². The summed E-state index contributed by atoms with van der Waals surface area (Å²) in [6.07, 6.45) is 7.91. The molecule has 0 saturated heterocycles. The van der Waals surface area contributed by atoms with Crippen molar-refractivity contribution in [1.82, 2.24) is 15.0 Å². The number of aromatic nitrogens is 3. The van der Waals surface area contributed by atoms with Crippen LogP contribution in [0.1, 0.15) is 5.56 Å². The first-order valence-electron chi connectivity index (χ1n) is 7.28. The first kappa shape index (κ1) is 16.1. The highest BCUT2D eigenvalue weighted by molar-refractivity contribution is 7.90. The van der Waals surface area contributed by atoms with E-state index in [1.807, 2.05) is 12.1 Å². The normalized spacial score (nSPS) is 11.2. The zero-order chi connectivity index (χ0) is 17.0. The molecule has 1 N–H and O–H groups in total. The van der Waals surface area contributed by atoms with Crippen LogP contribution in [-0.4, -0.2) is 29.6 Å². The molecule has 3 rings (SSSR count). The van der Waals surface area contributed by atoms with Gasteiger partial charge in [-0.2, -0.15) is 0 Å². The van der Waals surface area contributed by atoms with Gasteiger partial charge in [0.05, 0.1) is 4.90 Å². The smallest absolute Gasteiger partial charge is 0.175 e. The molecular formula is C17H16N4O2S. The summed E-state index contributed by atoms with van der Waals surface area (Å²) in [7, 11) is -3.22. The lowest BCUT2D eigenvalue weighted by Crippen LogP contribution is -2.04. The van der Waals surface area contributed by atoms with E-state index in [4.69, 9.17) is 0 Å². The van der Waals surface area contributed by atoms with Crippen molar-refractivity contribution >= 4 is 15.7 Å². The SMILES string of the molecule is CS(=O)(=O)c1ccc(-c2nccnc2NCc2cccnc2)cc1. The van der Waals surface area contributed by atoms with Crippen molar-refractivity contribution in [3.8, 4) is 11.3 Å². The summed E-state index contributed by atoms with van der Waals surface area (Å²) in [5.74, 6) is 0.633. The Morgan fingerprint density at radius 2 is 1.75 bits per heavy atom. The summed E-state index contributed by atoms with van der Waals surface area (Å²) >= 11 is 0. The van der Waals surface area contributed by atoms with Crippen molar-refractivity contribution in [1.29, 1.82) is 0 Å². The Morgan fingerprint density at radius 3 is 2.42 bits per heavy atom. The summed E-state index contributed by atoms with van der Waals surface area (Å²) < 4.78 is 23.1. The molecule has 0 unspecified atom stereocenters. The molecule has 0 amide bonds. The van der Waals surface area contributed by atoms with E-state index in [0.29, 0.717) is 18.1 Å². The third-order valence-corrected chi connectivity index (χ3v) is 4.57. The summed E-state index contributed by atoms with van der Waals surface area (Å²) in [5, 5.41) is 3.24. The molecule has 2 aromatic heterocycles. The molecule has 3 aromatic rings. The maximum atomic E-state index is 11.6. The van der Waals surface area contributed by atoms with Gasteiger partial charge in [0.1, 0.15) is 5.69 Å². The molecule has 0 aliphatic carbocycles. The Labute approximate surface area is 140 Å². The highest BCUT2D eigenvalue weighted by Crippen LogP contribution is 2.25. The number of nitrogens with zero attached hydrogens (tertiary/aromatic N) is 3. The predicted octanol–water partition coefficient (Wildman–Crippen LogP) is 2.55. The monoisotopic (exact) mass is 340 g/mol. The van der Waals surface area contributed by atoms with Gasteiger partial charge < -0.3 is 5.32 Å². The van der Waals surface area contributed by atoms with Crippen LogP contribution in [0, 0.1) is 0 Å². The summed E-state index contributed by atoms with van der Waals surface area (Å²) in [4.78, 5) is 13.0. The average Bonchev–Trinajstić information content (AvgIpc) is 2.60. The molecule has 0 aliphatic heterocycles. The third-order valence-electron chi connectivity index (χ3n) is 3.44. The number of benzene rings is 1. The van der Waals surface area contributed by atoms with Gasteiger partial charge in [-0.3, -0.25) is 9.97 Å². The van der Waals surface area contributed by atoms with Crippen LogP contribution in [0.2, 0.25) is 0 Å². The highest BCUT2D eigenvalue weighted by Gasteiger charge is 2.10. The lowest BCUT2D eigenvalue weighted by molar-refractivity contribution is 0.602. The van der Waals surface area contributed by atoms with Gasteiger partial charge in [0.2, 0.25) is 0 Å². The van der Waals surface area contributed by atoms with E-state index < -0.39 is 9.84 Å². The van der Waals surface area contributed by atoms with Crippen LogP contribution in [0.3, 0.4) is 0 Å². The second kappa shape index (κ2) is 6.76. The number of hydrogen-bond donors (Lipinski definition) is 1. The van der Waals surface area contributed by atoms with Gasteiger partial charge in [-0.25, -0.2) is 13.4 Å². The summed E-state index contributed by atoms with van der Waals surface area (Å²) in [6.45, 7) is 0.570. The quantitative estimate of drug-likeness (QED) is 0.768. The maximum Gasteiger partial charge on any atom is 0.175 e. The van der Waals surface area contributed by atoms with Crippen LogP contribution < -0.4 is 5.32 Å². The minimum absolute atomic E-state index is 0.278. The molecule has 0 spiro atoms. The lowest BCUT2D eigenvalue weighted by Gasteiger charge is -2.10. The van der Waals surface area contributed by atoms with Crippen molar-refractivity contribution in [2.45, 2.75) is 11.4 Å². The van der Waals surface area contributed by atoms with Gasteiger partial charge in [-0.1, -0.05) is 18.2 Å². The Hall–Kier alpha value is -2.80. The van der Waals surface area contributed by atoms with Crippen molar-refractivity contribution < 1.29 is 8.42 Å². The Balaban J connectivity index is 1.86. The van der Waals surface area contributed by atoms with E-state index in [0.717, 1.165) is 11.1 Å². The van der Waals surface area contributed by atoms with Crippen LogP contribution in [0.15, 0.2) is 66.1 Å². The van der Waals surface area contributed by atoms with E-state index in [2.05, 4.69) is 20.3 Å². The maximum absolute atomic E-state index is 11.6. The molecule has 6 nitrogen and oxygen atoms in total. The molecule has 0 saturated carbocycles. The van der Waals surface area contributed by atoms with Gasteiger partial charge in [0, 0.05) is 43.2 Å². The summed E-state index contributed by atoms with van der Waals surface area (Å²) in [6, 6.07) is 10.5. The van der Waals surface area contributed by atoms with E-state index in [9.17, 15) is 8.42 Å². The number of pyridine rings is 1. The average molecular weight is 340 g/mol. The van der Waals surface area contributed by atoms with E-state index in [-0.39, 0.29) is 4.90 Å². The van der Waals surface area contributed by atoms with Crippen LogP contribution in [0.25, 0.3) is 11.3 Å². The standard InChI is InChI=1S/C17H16N4O2S/c1-24(22,23)15-6-4-14(5-7-15)16-17(20-10-9-19-16)21-12-13-3-2-8-18-11-13/h2-11H,12H2,1H3,(H,20,21). The molecule has 0 aliphatic rings. The first-order chi connectivity index (χ1) is 11.5. The number of rotatable bonds is 5. The molecule has 0 atom stereocenters. The van der Waals surface area contributed by atoms with Crippen LogP contribution in [0.4, 0.5) is 5.82 Å². The number of sulfone groups is 1. The molecular weight excluding hydrogens is 324 g/mol. The zero-order valence-corrected chi connectivity index (χ0v) is 13.9. The minimum Gasteiger partial charge on any atom is -0.364 e. The van der Waals surface area contributed by atoms with Crippen LogP contribution >= 0.6 is 0 Å². The van der Waals surface area contributed by atoms with Gasteiger partial charge in [-0.05, 0) is 23.8 Å². The third kappa shape index (κ3) is 3.75. The minimum atomic E-state index is -3.22. The number of anilines is 1. The second-order valence-electron chi connectivity index (χ2n) is 5.26. The Bertz CT molecular complexity index is 926. The Kier molecular flexibility index (Phi) is 4.52. The van der Waals surface area contributed by atoms with E-state index >= 15 is 0 Å². The van der Waals surface area contributed by atoms with Crippen molar-refractivity contribution in [3.05, 3.63) is 66.7 Å². The molecule has 24 heavy (non-hydrogen) atoms. The Morgan fingerprint density at radius 1 is 1.00 bits per heavy atom. The van der Waals surface area contributed by atoms with Crippen LogP contribution in [-0.2, 0) is 16.4 Å². The second-order valence-corrected chi connectivity index (χ2v) is 7.28. The molecule has 0 radical (unpaired) electrons. The molecule has 0 fully saturated rings. The first-order valence-corrected chi connectivity index (χ1v) is 9.17. The largest absolute Gasteiger partial charge is 0.364 e. The fourth-order valence-corrected chi connectivity index (χ4v) is 2.86. The predicted molar refractivity (Wildman–Crippen MR) is 92.1 cm³/mol. The van der Waals surface area contributed by atoms with Gasteiger partial charge in [-0.15, -0.1) is 0 Å². The topological polar surface area (TPSA) is 84.8 Å². The van der Waals surface area contributed by atoms with Crippen molar-refractivity contribution in [2.75, 3.05) is 11.6 Å². The molecule has 1 aromatic carbocycles. The number of hydrogen-bond acceptors (Lipinski definition) is 6. The molecule has 0 bridgehead atoms. The zero-order valence-electron chi connectivity index (χ0n) is 13.0. The summed E-state index contributed by atoms with van der Waals surface area (Å²) in [5.41, 5.74) is 2.49. The van der Waals surface area contributed by atoms with Crippen molar-refractivity contribution in [3.63, 3.8) is 0 Å². The van der Waals surface area contributed by atoms with Gasteiger partial charge in [0.25, 0.3) is 0 Å². The molecule has 122 valence electrons. The lowest BCUT2D eigenvalue weighted by atomic mass is 10.1. The molecule has 2 heterocycles.